The monoisotopic (exact) mass is 224 g/mol. The first kappa shape index (κ1) is 12.4. The molecule has 0 aliphatic rings. The van der Waals surface area contributed by atoms with Crippen molar-refractivity contribution in [3.8, 4) is 0 Å². The summed E-state index contributed by atoms with van der Waals surface area (Å²) < 4.78 is 4.55. The first-order valence-corrected chi connectivity index (χ1v) is 5.13. The average molecular weight is 224 g/mol. The lowest BCUT2D eigenvalue weighted by Crippen LogP contribution is -2.22. The van der Waals surface area contributed by atoms with Crippen LogP contribution in [0, 0.1) is 0 Å². The lowest BCUT2D eigenvalue weighted by molar-refractivity contribution is 0.0593. The van der Waals surface area contributed by atoms with Crippen LogP contribution in [-0.4, -0.2) is 42.7 Å². The van der Waals surface area contributed by atoms with Crippen molar-refractivity contribution in [1.82, 2.24) is 15.3 Å². The summed E-state index contributed by atoms with van der Waals surface area (Å²) in [4.78, 5) is 19.1. The summed E-state index contributed by atoms with van der Waals surface area (Å²) in [6.07, 6.45) is 2.94. The van der Waals surface area contributed by atoms with Gasteiger partial charge in [-0.1, -0.05) is 6.92 Å². The molecule has 0 fully saturated rings. The molecule has 0 spiro atoms. The third-order valence-corrected chi connectivity index (χ3v) is 1.89. The quantitative estimate of drug-likeness (QED) is 0.534. The molecule has 0 unspecified atom stereocenters. The van der Waals surface area contributed by atoms with Crippen LogP contribution in [-0.2, 0) is 4.74 Å². The number of hydrogen-bond acceptors (Lipinski definition) is 6. The molecule has 1 aromatic rings. The second-order valence-corrected chi connectivity index (χ2v) is 3.06. The number of likely N-dealkylation sites (N-methyl/N-ethyl adjacent to an activating group) is 1. The molecule has 6 nitrogen and oxygen atoms in total. The van der Waals surface area contributed by atoms with E-state index in [0.717, 1.165) is 19.6 Å². The molecule has 88 valence electrons. The molecule has 0 amide bonds. The van der Waals surface area contributed by atoms with Gasteiger partial charge in [-0.15, -0.1) is 0 Å². The Morgan fingerprint density at radius 1 is 1.44 bits per heavy atom. The highest BCUT2D eigenvalue weighted by Gasteiger charge is 2.07. The Labute approximate surface area is 94.4 Å². The molecule has 0 saturated heterocycles. The Hall–Kier alpha value is -1.69. The first-order valence-electron chi connectivity index (χ1n) is 5.13. The molecule has 1 aromatic heterocycles. The van der Waals surface area contributed by atoms with E-state index < -0.39 is 5.97 Å². The summed E-state index contributed by atoms with van der Waals surface area (Å²) in [6, 6.07) is 0. The maximum absolute atomic E-state index is 11.2. The zero-order valence-electron chi connectivity index (χ0n) is 9.49. The van der Waals surface area contributed by atoms with E-state index in [0.29, 0.717) is 5.82 Å². The predicted molar refractivity (Wildman–Crippen MR) is 60.4 cm³/mol. The first-order chi connectivity index (χ1) is 7.77. The number of aromatic nitrogens is 2. The van der Waals surface area contributed by atoms with Gasteiger partial charge in [-0.05, 0) is 6.54 Å². The number of hydrogen-bond donors (Lipinski definition) is 2. The smallest absolute Gasteiger partial charge is 0.358 e. The highest BCUT2D eigenvalue weighted by atomic mass is 16.5. The Morgan fingerprint density at radius 3 is 2.94 bits per heavy atom. The number of carbonyl (C=O) groups excluding carboxylic acids is 1. The number of nitrogens with one attached hydrogen (secondary N) is 2. The maximum Gasteiger partial charge on any atom is 0.358 e. The molecule has 0 aliphatic heterocycles. The van der Waals surface area contributed by atoms with Crippen LogP contribution in [0.1, 0.15) is 17.4 Å². The lowest BCUT2D eigenvalue weighted by Gasteiger charge is -2.06. The Morgan fingerprint density at radius 2 is 2.25 bits per heavy atom. The number of nitrogens with zero attached hydrogens (tertiary/aromatic N) is 2. The van der Waals surface area contributed by atoms with Crippen LogP contribution in [0.2, 0.25) is 0 Å². The third kappa shape index (κ3) is 3.82. The second-order valence-electron chi connectivity index (χ2n) is 3.06. The molecule has 0 aliphatic carbocycles. The van der Waals surface area contributed by atoms with Crippen molar-refractivity contribution in [3.63, 3.8) is 0 Å². The lowest BCUT2D eigenvalue weighted by atomic mass is 10.4. The molecule has 0 radical (unpaired) electrons. The number of anilines is 1. The van der Waals surface area contributed by atoms with E-state index >= 15 is 0 Å². The molecular formula is C10H16N4O2. The largest absolute Gasteiger partial charge is 0.464 e. The Bertz CT molecular complexity index is 343. The van der Waals surface area contributed by atoms with E-state index in [1.807, 2.05) is 6.92 Å². The summed E-state index contributed by atoms with van der Waals surface area (Å²) >= 11 is 0. The number of methoxy groups -OCH3 is 1. The minimum absolute atomic E-state index is 0.205. The number of ether oxygens (including phenoxy) is 1. The van der Waals surface area contributed by atoms with Gasteiger partial charge in [-0.3, -0.25) is 4.98 Å². The molecule has 6 heteroatoms. The van der Waals surface area contributed by atoms with E-state index in [2.05, 4.69) is 25.3 Å². The minimum atomic E-state index is -0.483. The standard InChI is InChI=1S/C10H16N4O2/c1-3-11-4-5-13-9-7-12-6-8(14-9)10(15)16-2/h6-7,11H,3-5H2,1-2H3,(H,13,14). The van der Waals surface area contributed by atoms with Gasteiger partial charge in [-0.2, -0.15) is 0 Å². The van der Waals surface area contributed by atoms with Crippen LogP contribution >= 0.6 is 0 Å². The third-order valence-electron chi connectivity index (χ3n) is 1.89. The molecule has 0 saturated carbocycles. The average Bonchev–Trinajstić information content (AvgIpc) is 2.34. The number of esters is 1. The summed E-state index contributed by atoms with van der Waals surface area (Å²) in [6.45, 7) is 4.53. The van der Waals surface area contributed by atoms with Gasteiger partial charge in [0.15, 0.2) is 5.69 Å². The van der Waals surface area contributed by atoms with Gasteiger partial charge in [0.05, 0.1) is 19.5 Å². The highest BCUT2D eigenvalue weighted by molar-refractivity contribution is 5.87. The van der Waals surface area contributed by atoms with Crippen LogP contribution in [0.3, 0.4) is 0 Å². The summed E-state index contributed by atoms with van der Waals surface area (Å²) in [5.74, 6) is 0.0867. The van der Waals surface area contributed by atoms with Crippen molar-refractivity contribution in [1.29, 1.82) is 0 Å². The van der Waals surface area contributed by atoms with Gasteiger partial charge in [-0.25, -0.2) is 9.78 Å². The van der Waals surface area contributed by atoms with Crippen LogP contribution in [0.15, 0.2) is 12.4 Å². The predicted octanol–water partition coefficient (Wildman–Crippen LogP) is 0.285. The number of rotatable bonds is 6. The van der Waals surface area contributed by atoms with E-state index in [4.69, 9.17) is 0 Å². The van der Waals surface area contributed by atoms with Crippen molar-refractivity contribution in [2.45, 2.75) is 6.92 Å². The van der Waals surface area contributed by atoms with E-state index in [9.17, 15) is 4.79 Å². The zero-order valence-corrected chi connectivity index (χ0v) is 9.49. The minimum Gasteiger partial charge on any atom is -0.464 e. The molecule has 0 aromatic carbocycles. The van der Waals surface area contributed by atoms with Gasteiger partial charge >= 0.3 is 5.97 Å². The van der Waals surface area contributed by atoms with Gasteiger partial charge in [0, 0.05) is 13.1 Å². The Balaban J connectivity index is 2.50. The van der Waals surface area contributed by atoms with Crippen LogP contribution in [0.4, 0.5) is 5.82 Å². The summed E-state index contributed by atoms with van der Waals surface area (Å²) in [7, 11) is 1.31. The van der Waals surface area contributed by atoms with Gasteiger partial charge in [0.2, 0.25) is 0 Å². The fourth-order valence-electron chi connectivity index (χ4n) is 1.11. The molecule has 0 bridgehead atoms. The SMILES string of the molecule is CCNCCNc1cncc(C(=O)OC)n1. The van der Waals surface area contributed by atoms with Crippen molar-refractivity contribution in [2.75, 3.05) is 32.1 Å². The fourth-order valence-corrected chi connectivity index (χ4v) is 1.11. The van der Waals surface area contributed by atoms with Crippen LogP contribution in [0.5, 0.6) is 0 Å². The van der Waals surface area contributed by atoms with Gasteiger partial charge in [0.25, 0.3) is 0 Å². The second kappa shape index (κ2) is 6.73. The van der Waals surface area contributed by atoms with Crippen LogP contribution < -0.4 is 10.6 Å². The topological polar surface area (TPSA) is 76.1 Å². The van der Waals surface area contributed by atoms with Crippen molar-refractivity contribution in [3.05, 3.63) is 18.1 Å². The molecule has 2 N–H and O–H groups in total. The maximum atomic E-state index is 11.2. The number of carbonyl (C=O) groups is 1. The summed E-state index contributed by atoms with van der Waals surface area (Å²) in [5, 5.41) is 6.22. The molecule has 16 heavy (non-hydrogen) atoms. The van der Waals surface area contributed by atoms with Gasteiger partial charge < -0.3 is 15.4 Å². The molecule has 1 heterocycles. The van der Waals surface area contributed by atoms with Gasteiger partial charge in [0.1, 0.15) is 5.82 Å². The van der Waals surface area contributed by atoms with Crippen molar-refractivity contribution >= 4 is 11.8 Å². The van der Waals surface area contributed by atoms with E-state index in [-0.39, 0.29) is 5.69 Å². The molecule has 1 rings (SSSR count). The fraction of sp³-hybridized carbons (Fsp3) is 0.500. The van der Waals surface area contributed by atoms with Crippen molar-refractivity contribution < 1.29 is 9.53 Å². The zero-order chi connectivity index (χ0) is 11.8. The Kier molecular flexibility index (Phi) is 5.21. The van der Waals surface area contributed by atoms with Crippen LogP contribution in [0.25, 0.3) is 0 Å². The van der Waals surface area contributed by atoms with E-state index in [1.54, 1.807) is 6.20 Å². The van der Waals surface area contributed by atoms with Crippen molar-refractivity contribution in [2.24, 2.45) is 0 Å². The normalized spacial score (nSPS) is 9.88. The summed E-state index contributed by atoms with van der Waals surface area (Å²) in [5.41, 5.74) is 0.205. The molecule has 0 atom stereocenters. The van der Waals surface area contributed by atoms with E-state index in [1.165, 1.54) is 13.3 Å². The molecular weight excluding hydrogens is 208 g/mol. The highest BCUT2D eigenvalue weighted by Crippen LogP contribution is 2.02.